The monoisotopic (exact) mass is 316 g/mol. The molecule has 1 aromatic rings. The molecule has 0 atom stereocenters. The average molecular weight is 317 g/mol. The van der Waals surface area contributed by atoms with E-state index in [1.54, 1.807) is 7.05 Å². The van der Waals surface area contributed by atoms with Gasteiger partial charge in [0.15, 0.2) is 0 Å². The second-order valence-corrected chi connectivity index (χ2v) is 4.57. The van der Waals surface area contributed by atoms with Gasteiger partial charge in [0.2, 0.25) is 5.91 Å². The fourth-order valence-corrected chi connectivity index (χ4v) is 1.45. The van der Waals surface area contributed by atoms with Crippen molar-refractivity contribution in [2.75, 3.05) is 20.1 Å². The first-order valence-corrected chi connectivity index (χ1v) is 6.22. The highest BCUT2D eigenvalue weighted by Crippen LogP contribution is 2.16. The van der Waals surface area contributed by atoms with E-state index in [1.807, 2.05) is 6.92 Å². The van der Waals surface area contributed by atoms with Gasteiger partial charge in [-0.2, -0.15) is 0 Å². The van der Waals surface area contributed by atoms with Crippen LogP contribution in [0.25, 0.3) is 0 Å². The summed E-state index contributed by atoms with van der Waals surface area (Å²) in [6.45, 7) is 2.31. The van der Waals surface area contributed by atoms with Crippen LogP contribution in [0.15, 0.2) is 22.7 Å². The van der Waals surface area contributed by atoms with E-state index in [2.05, 4.69) is 21.2 Å². The molecule has 0 heterocycles. The summed E-state index contributed by atoms with van der Waals surface area (Å²) in [6, 6.07) is 4.05. The van der Waals surface area contributed by atoms with E-state index in [-0.39, 0.29) is 18.0 Å². The summed E-state index contributed by atoms with van der Waals surface area (Å²) < 4.78 is 13.5. The van der Waals surface area contributed by atoms with Gasteiger partial charge >= 0.3 is 0 Å². The van der Waals surface area contributed by atoms with Gasteiger partial charge in [-0.1, -0.05) is 0 Å². The van der Waals surface area contributed by atoms with Crippen LogP contribution in [-0.4, -0.2) is 36.9 Å². The zero-order valence-corrected chi connectivity index (χ0v) is 11.8. The molecular weight excluding hydrogens is 303 g/mol. The van der Waals surface area contributed by atoms with Crippen molar-refractivity contribution < 1.29 is 14.0 Å². The molecule has 0 unspecified atom stereocenters. The lowest BCUT2D eigenvalue weighted by atomic mass is 10.2. The van der Waals surface area contributed by atoms with Crippen molar-refractivity contribution in [2.24, 2.45) is 0 Å². The Balaban J connectivity index is 2.60. The van der Waals surface area contributed by atoms with Crippen LogP contribution >= 0.6 is 15.9 Å². The third-order valence-corrected chi connectivity index (χ3v) is 3.13. The van der Waals surface area contributed by atoms with Gasteiger partial charge in [-0.15, -0.1) is 0 Å². The Morgan fingerprint density at radius 3 is 2.67 bits per heavy atom. The predicted molar refractivity (Wildman–Crippen MR) is 69.7 cm³/mol. The minimum absolute atomic E-state index is 0.0964. The van der Waals surface area contributed by atoms with Crippen molar-refractivity contribution in [1.29, 1.82) is 0 Å². The first kappa shape index (κ1) is 14.6. The molecule has 1 aromatic carbocycles. The molecule has 98 valence electrons. The largest absolute Gasteiger partial charge is 0.345 e. The molecule has 0 radical (unpaired) electrons. The van der Waals surface area contributed by atoms with E-state index < -0.39 is 11.7 Å². The van der Waals surface area contributed by atoms with Crippen molar-refractivity contribution in [3.05, 3.63) is 34.1 Å². The maximum Gasteiger partial charge on any atom is 0.251 e. The van der Waals surface area contributed by atoms with Crippen molar-refractivity contribution in [2.45, 2.75) is 6.92 Å². The minimum Gasteiger partial charge on any atom is -0.345 e. The van der Waals surface area contributed by atoms with Crippen LogP contribution in [0.2, 0.25) is 0 Å². The van der Waals surface area contributed by atoms with E-state index in [1.165, 1.54) is 17.0 Å². The van der Waals surface area contributed by atoms with E-state index in [0.717, 1.165) is 6.07 Å². The predicted octanol–water partition coefficient (Wildman–Crippen LogP) is 1.80. The summed E-state index contributed by atoms with van der Waals surface area (Å²) in [5.74, 6) is -1.18. The Morgan fingerprint density at radius 1 is 1.44 bits per heavy atom. The van der Waals surface area contributed by atoms with E-state index in [0.29, 0.717) is 11.0 Å². The van der Waals surface area contributed by atoms with Crippen LogP contribution in [0.1, 0.15) is 17.3 Å². The summed E-state index contributed by atoms with van der Waals surface area (Å²) in [5.41, 5.74) is 0.183. The van der Waals surface area contributed by atoms with Gasteiger partial charge in [-0.05, 0) is 41.1 Å². The maximum atomic E-state index is 13.2. The highest BCUT2D eigenvalue weighted by Gasteiger charge is 2.11. The fraction of sp³-hybridized carbons (Fsp3) is 0.333. The lowest BCUT2D eigenvalue weighted by Crippen LogP contribution is -2.38. The lowest BCUT2D eigenvalue weighted by molar-refractivity contribution is -0.128. The van der Waals surface area contributed by atoms with Crippen molar-refractivity contribution in [1.82, 2.24) is 10.2 Å². The average Bonchev–Trinajstić information content (AvgIpc) is 2.37. The molecule has 0 aromatic heterocycles. The van der Waals surface area contributed by atoms with Crippen LogP contribution < -0.4 is 5.32 Å². The molecule has 0 spiro atoms. The molecule has 4 nitrogen and oxygen atoms in total. The van der Waals surface area contributed by atoms with Crippen LogP contribution in [0, 0.1) is 5.82 Å². The van der Waals surface area contributed by atoms with Crippen molar-refractivity contribution in [3.63, 3.8) is 0 Å². The lowest BCUT2D eigenvalue weighted by Gasteiger charge is -2.14. The van der Waals surface area contributed by atoms with Crippen molar-refractivity contribution in [3.8, 4) is 0 Å². The van der Waals surface area contributed by atoms with Gasteiger partial charge in [0, 0.05) is 19.2 Å². The number of amides is 2. The van der Waals surface area contributed by atoms with Gasteiger partial charge in [0.05, 0.1) is 11.0 Å². The summed E-state index contributed by atoms with van der Waals surface area (Å²) >= 11 is 3.00. The number of nitrogens with zero attached hydrogens (tertiary/aromatic N) is 1. The molecule has 0 bridgehead atoms. The molecule has 0 saturated heterocycles. The van der Waals surface area contributed by atoms with Crippen molar-refractivity contribution >= 4 is 27.7 Å². The zero-order valence-electron chi connectivity index (χ0n) is 10.2. The van der Waals surface area contributed by atoms with E-state index in [4.69, 9.17) is 0 Å². The standard InChI is InChI=1S/C12H14BrFN2O2/c1-3-16(2)11(17)7-15-12(18)8-4-5-9(13)10(14)6-8/h4-6H,3,7H2,1-2H3,(H,15,18). The number of likely N-dealkylation sites (N-methyl/N-ethyl adjacent to an activating group) is 1. The van der Waals surface area contributed by atoms with Gasteiger partial charge in [-0.25, -0.2) is 4.39 Å². The molecule has 18 heavy (non-hydrogen) atoms. The van der Waals surface area contributed by atoms with Crippen LogP contribution in [0.4, 0.5) is 4.39 Å². The molecule has 6 heteroatoms. The Morgan fingerprint density at radius 2 is 2.11 bits per heavy atom. The molecule has 0 aliphatic heterocycles. The maximum absolute atomic E-state index is 13.2. The summed E-state index contributed by atoms with van der Waals surface area (Å²) in [6.07, 6.45) is 0. The first-order chi connectivity index (χ1) is 8.45. The normalized spacial score (nSPS) is 10.0. The zero-order chi connectivity index (χ0) is 13.7. The van der Waals surface area contributed by atoms with Crippen LogP contribution in [0.3, 0.4) is 0 Å². The summed E-state index contributed by atoms with van der Waals surface area (Å²) in [7, 11) is 1.65. The smallest absolute Gasteiger partial charge is 0.251 e. The Kier molecular flexibility index (Phi) is 5.27. The van der Waals surface area contributed by atoms with Crippen LogP contribution in [-0.2, 0) is 4.79 Å². The molecule has 1 rings (SSSR count). The molecule has 1 N–H and O–H groups in total. The minimum atomic E-state index is -0.514. The quantitative estimate of drug-likeness (QED) is 0.920. The number of nitrogens with one attached hydrogen (secondary N) is 1. The van der Waals surface area contributed by atoms with Crippen LogP contribution in [0.5, 0.6) is 0 Å². The molecule has 0 aliphatic carbocycles. The Labute approximate surface area is 113 Å². The number of halogens is 2. The Hall–Kier alpha value is -1.43. The number of benzene rings is 1. The third kappa shape index (κ3) is 3.80. The van der Waals surface area contributed by atoms with Gasteiger partial charge in [0.1, 0.15) is 5.82 Å². The SMILES string of the molecule is CCN(C)C(=O)CNC(=O)c1ccc(Br)c(F)c1. The van der Waals surface area contributed by atoms with E-state index >= 15 is 0 Å². The topological polar surface area (TPSA) is 49.4 Å². The first-order valence-electron chi connectivity index (χ1n) is 5.43. The summed E-state index contributed by atoms with van der Waals surface area (Å²) in [5, 5.41) is 2.45. The third-order valence-electron chi connectivity index (χ3n) is 2.48. The molecular formula is C12H14BrFN2O2. The molecule has 0 saturated carbocycles. The second kappa shape index (κ2) is 6.49. The van der Waals surface area contributed by atoms with Gasteiger partial charge in [-0.3, -0.25) is 9.59 Å². The van der Waals surface area contributed by atoms with E-state index in [9.17, 15) is 14.0 Å². The summed E-state index contributed by atoms with van der Waals surface area (Å²) in [4.78, 5) is 24.6. The highest BCUT2D eigenvalue weighted by atomic mass is 79.9. The molecule has 0 aliphatic rings. The van der Waals surface area contributed by atoms with Gasteiger partial charge in [0.25, 0.3) is 5.91 Å². The fourth-order valence-electron chi connectivity index (χ4n) is 1.21. The number of rotatable bonds is 4. The molecule has 0 fully saturated rings. The second-order valence-electron chi connectivity index (χ2n) is 3.72. The number of hydrogen-bond acceptors (Lipinski definition) is 2. The number of carbonyl (C=O) groups excluding carboxylic acids is 2. The number of hydrogen-bond donors (Lipinski definition) is 1. The number of carbonyl (C=O) groups is 2. The molecule has 2 amide bonds. The highest BCUT2D eigenvalue weighted by molar-refractivity contribution is 9.10. The van der Waals surface area contributed by atoms with Gasteiger partial charge < -0.3 is 10.2 Å². The Bertz CT molecular complexity index is 465.